The third-order valence-electron chi connectivity index (χ3n) is 17.6. The van der Waals surface area contributed by atoms with Gasteiger partial charge in [0.05, 0.1) is 0 Å². The molecule has 0 aliphatic heterocycles. The van der Waals surface area contributed by atoms with Crippen molar-refractivity contribution in [1.82, 2.24) is 0 Å². The second-order valence-electron chi connectivity index (χ2n) is 20.7. The molecule has 0 heterocycles. The summed E-state index contributed by atoms with van der Waals surface area (Å²) in [5.74, 6) is 4.50. The van der Waals surface area contributed by atoms with Crippen LogP contribution in [0.1, 0.15) is 112 Å². The van der Waals surface area contributed by atoms with Crippen LogP contribution < -0.4 is 4.90 Å². The molecule has 13 rings (SSSR count). The summed E-state index contributed by atoms with van der Waals surface area (Å²) in [4.78, 5) is 2.67. The van der Waals surface area contributed by atoms with Gasteiger partial charge in [-0.1, -0.05) is 125 Å². The van der Waals surface area contributed by atoms with Gasteiger partial charge >= 0.3 is 0 Å². The third-order valence-corrected chi connectivity index (χ3v) is 17.6. The molecular weight excluding hydrogens is 699 g/mol. The van der Waals surface area contributed by atoms with Gasteiger partial charge in [-0.3, -0.25) is 0 Å². The van der Waals surface area contributed by atoms with Crippen LogP contribution >= 0.6 is 0 Å². The molecule has 2 spiro atoms. The first-order chi connectivity index (χ1) is 28.3. The number of nitrogens with zero attached hydrogens (tertiary/aromatic N) is 1. The molecule has 288 valence electrons. The lowest BCUT2D eigenvalue weighted by Crippen LogP contribution is -2.49. The van der Waals surface area contributed by atoms with Gasteiger partial charge in [-0.05, 0) is 184 Å². The van der Waals surface area contributed by atoms with Crippen LogP contribution in [0.4, 0.5) is 17.1 Å². The van der Waals surface area contributed by atoms with E-state index in [1.807, 2.05) is 0 Å². The van der Waals surface area contributed by atoms with Gasteiger partial charge in [-0.15, -0.1) is 0 Å². The number of benzene rings is 6. The van der Waals surface area contributed by atoms with Crippen molar-refractivity contribution in [3.63, 3.8) is 0 Å². The van der Waals surface area contributed by atoms with Crippen LogP contribution in [0, 0.1) is 35.5 Å². The minimum Gasteiger partial charge on any atom is -0.310 e. The van der Waals surface area contributed by atoms with Crippen LogP contribution in [0.25, 0.3) is 33.4 Å². The summed E-state index contributed by atoms with van der Waals surface area (Å²) in [7, 11) is 0. The van der Waals surface area contributed by atoms with Crippen molar-refractivity contribution in [3.8, 4) is 33.4 Å². The predicted molar refractivity (Wildman–Crippen MR) is 240 cm³/mol. The SMILES string of the molecule is C[C@@H]1CC2C[C@@H](C1)[C@@]1(c3ccccc3-c3ccc(N(c4ccc5c(c4)C(C)(C)c4ccccc4-5)c4ccc5c(c4)[C@]4(CC6CC[C@H]4C6)c4ccccc4-5)cc31)[C@@H](C)C2. The summed E-state index contributed by atoms with van der Waals surface area (Å²) in [6, 6.07) is 50.8. The van der Waals surface area contributed by atoms with Crippen molar-refractivity contribution in [1.29, 1.82) is 0 Å². The van der Waals surface area contributed by atoms with E-state index in [1.165, 1.54) is 113 Å². The number of anilines is 3. The molecule has 58 heavy (non-hydrogen) atoms. The van der Waals surface area contributed by atoms with Crippen LogP contribution in [0.3, 0.4) is 0 Å². The summed E-state index contributed by atoms with van der Waals surface area (Å²) in [6.45, 7) is 10.00. The second kappa shape index (κ2) is 11.7. The van der Waals surface area contributed by atoms with E-state index in [0.29, 0.717) is 11.8 Å². The zero-order chi connectivity index (χ0) is 38.7. The molecule has 0 aromatic heterocycles. The summed E-state index contributed by atoms with van der Waals surface area (Å²) >= 11 is 0. The fourth-order valence-corrected chi connectivity index (χ4v) is 15.6. The van der Waals surface area contributed by atoms with Crippen LogP contribution in [-0.4, -0.2) is 0 Å². The van der Waals surface area contributed by atoms with E-state index in [2.05, 4.69) is 160 Å². The summed E-state index contributed by atoms with van der Waals surface area (Å²) in [6.07, 6.45) is 10.9. The standard InChI is InChI=1S/C57H55N/c1-34-25-37-27-35(2)57(39(26-34)29-37)51-16-10-7-13-45(51)48-24-21-42(32-54(48)57)58(40-19-22-46-43-11-5-8-14-49(43)55(3,4)52(46)30-40)41-20-23-47-44-12-6-9-15-50(44)56(53(47)31-41)33-36-17-18-38(56)28-36/h5-16,19-24,30-32,34-39H,17-18,25-29,33H2,1-4H3/t34-,35+,36?,37?,38+,39-,56+,57-/m1/s1. The lowest BCUT2D eigenvalue weighted by Gasteiger charge is -2.54. The molecule has 4 saturated carbocycles. The Morgan fingerprint density at radius 2 is 0.983 bits per heavy atom. The Balaban J connectivity index is 1.04. The van der Waals surface area contributed by atoms with Gasteiger partial charge in [0.15, 0.2) is 0 Å². The fraction of sp³-hybridized carbons (Fsp3) is 0.368. The number of hydrogen-bond donors (Lipinski definition) is 0. The molecule has 4 fully saturated rings. The molecule has 0 radical (unpaired) electrons. The highest BCUT2D eigenvalue weighted by Gasteiger charge is 2.58. The molecule has 8 atom stereocenters. The highest BCUT2D eigenvalue weighted by atomic mass is 15.1. The van der Waals surface area contributed by atoms with E-state index in [1.54, 1.807) is 22.3 Å². The van der Waals surface area contributed by atoms with E-state index in [0.717, 1.165) is 23.7 Å². The first-order valence-electron chi connectivity index (χ1n) is 22.8. The van der Waals surface area contributed by atoms with Crippen molar-refractivity contribution in [2.24, 2.45) is 35.5 Å². The minimum absolute atomic E-state index is 0.0487. The van der Waals surface area contributed by atoms with E-state index in [-0.39, 0.29) is 16.2 Å². The van der Waals surface area contributed by atoms with Gasteiger partial charge in [-0.25, -0.2) is 0 Å². The lowest BCUT2D eigenvalue weighted by molar-refractivity contribution is 0.0426. The van der Waals surface area contributed by atoms with Crippen LogP contribution in [-0.2, 0) is 16.2 Å². The molecule has 0 N–H and O–H groups in total. The largest absolute Gasteiger partial charge is 0.310 e. The highest BCUT2D eigenvalue weighted by Crippen LogP contribution is 2.67. The molecule has 2 unspecified atom stereocenters. The Kier molecular flexibility index (Phi) is 6.84. The Morgan fingerprint density at radius 1 is 0.448 bits per heavy atom. The van der Waals surface area contributed by atoms with Gasteiger partial charge in [-0.2, -0.15) is 0 Å². The fourth-order valence-electron chi connectivity index (χ4n) is 15.6. The maximum atomic E-state index is 2.69. The number of hydrogen-bond acceptors (Lipinski definition) is 1. The molecule has 7 aliphatic rings. The van der Waals surface area contributed by atoms with Crippen LogP contribution in [0.5, 0.6) is 0 Å². The van der Waals surface area contributed by atoms with Crippen molar-refractivity contribution in [2.45, 2.75) is 95.3 Å². The smallest absolute Gasteiger partial charge is 0.0465 e. The van der Waals surface area contributed by atoms with Gasteiger partial charge in [0.25, 0.3) is 0 Å². The minimum atomic E-state index is -0.0737. The molecule has 1 heteroatoms. The Hall–Kier alpha value is -4.88. The van der Waals surface area contributed by atoms with Gasteiger partial charge in [0, 0.05) is 33.3 Å². The predicted octanol–water partition coefficient (Wildman–Crippen LogP) is 14.9. The van der Waals surface area contributed by atoms with Gasteiger partial charge in [0.1, 0.15) is 0 Å². The van der Waals surface area contributed by atoms with Crippen molar-refractivity contribution in [2.75, 3.05) is 4.90 Å². The lowest BCUT2D eigenvalue weighted by atomic mass is 9.49. The topological polar surface area (TPSA) is 3.24 Å². The Bertz CT molecular complexity index is 2710. The molecule has 1 nitrogen and oxygen atoms in total. The molecule has 0 amide bonds. The average Bonchev–Trinajstić information content (AvgIpc) is 4.03. The second-order valence-corrected chi connectivity index (χ2v) is 20.7. The zero-order valence-electron chi connectivity index (χ0n) is 34.7. The summed E-state index contributed by atoms with van der Waals surface area (Å²) in [5.41, 5.74) is 21.9. The van der Waals surface area contributed by atoms with E-state index < -0.39 is 0 Å². The van der Waals surface area contributed by atoms with Crippen molar-refractivity contribution < 1.29 is 0 Å². The summed E-state index contributed by atoms with van der Waals surface area (Å²) in [5, 5.41) is 0. The monoisotopic (exact) mass is 753 g/mol. The van der Waals surface area contributed by atoms with E-state index in [4.69, 9.17) is 0 Å². The van der Waals surface area contributed by atoms with Gasteiger partial charge < -0.3 is 4.90 Å². The number of rotatable bonds is 3. The quantitative estimate of drug-likeness (QED) is 0.174. The first-order valence-corrected chi connectivity index (χ1v) is 22.8. The number of fused-ring (bicyclic) bond motifs is 19. The van der Waals surface area contributed by atoms with Crippen molar-refractivity contribution in [3.05, 3.63) is 161 Å². The zero-order valence-corrected chi connectivity index (χ0v) is 34.7. The molecule has 4 bridgehead atoms. The maximum Gasteiger partial charge on any atom is 0.0465 e. The molecular formula is C57H55N. The highest BCUT2D eigenvalue weighted by molar-refractivity contribution is 5.91. The molecule has 6 aromatic rings. The molecule has 6 aromatic carbocycles. The van der Waals surface area contributed by atoms with Crippen LogP contribution in [0.15, 0.2) is 127 Å². The van der Waals surface area contributed by atoms with Crippen molar-refractivity contribution >= 4 is 17.1 Å². The maximum absolute atomic E-state index is 2.69. The Labute approximate surface area is 345 Å². The van der Waals surface area contributed by atoms with Crippen LogP contribution in [0.2, 0.25) is 0 Å². The first kappa shape index (κ1) is 34.0. The average molecular weight is 754 g/mol. The molecule has 7 aliphatic carbocycles. The Morgan fingerprint density at radius 3 is 1.66 bits per heavy atom. The van der Waals surface area contributed by atoms with Gasteiger partial charge in [0.2, 0.25) is 0 Å². The normalized spacial score (nSPS) is 30.8. The third kappa shape index (κ3) is 4.19. The summed E-state index contributed by atoms with van der Waals surface area (Å²) < 4.78 is 0. The molecule has 0 saturated heterocycles. The van der Waals surface area contributed by atoms with E-state index in [9.17, 15) is 0 Å². The van der Waals surface area contributed by atoms with E-state index >= 15 is 0 Å².